The van der Waals surface area contributed by atoms with Crippen LogP contribution in [0.15, 0.2) is 4.91 Å². The second kappa shape index (κ2) is 6.77. The van der Waals surface area contributed by atoms with E-state index in [1.54, 1.807) is 5.94 Å². The number of alkyl halides is 3. The number of carbonyl (C=O) groups excluding carboxylic acids is 4. The van der Waals surface area contributed by atoms with Gasteiger partial charge in [-0.2, -0.15) is 0 Å². The molecule has 2 saturated heterocycles. The highest BCUT2D eigenvalue weighted by Gasteiger charge is 2.59. The van der Waals surface area contributed by atoms with Gasteiger partial charge in [-0.15, -0.1) is 0 Å². The minimum atomic E-state index is -1.79. The molecule has 2 amide bonds. The van der Waals surface area contributed by atoms with Crippen LogP contribution in [0, 0.1) is 5.41 Å². The van der Waals surface area contributed by atoms with Crippen molar-refractivity contribution in [3.05, 3.63) is 4.91 Å². The van der Waals surface area contributed by atoms with Crippen molar-refractivity contribution in [2.75, 3.05) is 13.2 Å². The van der Waals surface area contributed by atoms with Crippen LogP contribution in [0.25, 0.3) is 0 Å². The Morgan fingerprint density at radius 2 is 2.12 bits per heavy atom. The summed E-state index contributed by atoms with van der Waals surface area (Å²) in [6.45, 7) is 2.17. The normalized spacial score (nSPS) is 29.3. The molecule has 0 aromatic heterocycles. The second-order valence-electron chi connectivity index (χ2n) is 5.61. The highest BCUT2D eigenvalue weighted by atomic mass is 35.6. The van der Waals surface area contributed by atoms with E-state index in [-0.39, 0.29) is 23.3 Å². The molecule has 2 rings (SSSR count). The smallest absolute Gasteiger partial charge is 0.319 e. The summed E-state index contributed by atoms with van der Waals surface area (Å²) < 4.78 is 3.17. The maximum absolute atomic E-state index is 12.4. The maximum Gasteiger partial charge on any atom is 0.319 e. The van der Waals surface area contributed by atoms with E-state index in [0.717, 1.165) is 11.8 Å². The van der Waals surface area contributed by atoms with Crippen molar-refractivity contribution in [2.24, 2.45) is 5.41 Å². The van der Waals surface area contributed by atoms with Gasteiger partial charge in [-0.3, -0.25) is 14.4 Å². The van der Waals surface area contributed by atoms with Gasteiger partial charge >= 0.3 is 5.97 Å². The number of hydrogen-bond donors (Lipinski definition) is 1. The lowest BCUT2D eigenvalue weighted by Crippen LogP contribution is -2.73. The zero-order valence-electron chi connectivity index (χ0n) is 12.6. The third kappa shape index (κ3) is 3.68. The summed E-state index contributed by atoms with van der Waals surface area (Å²) in [5.74, 6) is 0.228. The highest BCUT2D eigenvalue weighted by Crippen LogP contribution is 2.49. The number of carbonyl (C=O) groups is 3. The van der Waals surface area contributed by atoms with E-state index in [0.29, 0.717) is 0 Å². The van der Waals surface area contributed by atoms with Gasteiger partial charge in [0.1, 0.15) is 29.4 Å². The molecule has 1 N–H and O–H groups in total. The number of nitrogens with zero attached hydrogens (tertiary/aromatic N) is 1. The lowest BCUT2D eigenvalue weighted by molar-refractivity contribution is -0.160. The molecule has 2 aliphatic rings. The van der Waals surface area contributed by atoms with Crippen LogP contribution >= 0.6 is 46.6 Å². The monoisotopic (exact) mass is 414 g/mol. The number of rotatable bonds is 3. The van der Waals surface area contributed by atoms with Gasteiger partial charge in [0, 0.05) is 13.5 Å². The Labute approximate surface area is 157 Å². The quantitative estimate of drug-likeness (QED) is 0.320. The molecule has 2 unspecified atom stereocenters. The van der Waals surface area contributed by atoms with Gasteiger partial charge in [0.15, 0.2) is 0 Å². The van der Waals surface area contributed by atoms with Gasteiger partial charge in [-0.05, 0) is 6.92 Å². The average Bonchev–Trinajstić information content (AvgIpc) is 2.49. The van der Waals surface area contributed by atoms with E-state index in [2.05, 4.69) is 5.32 Å². The standard InChI is InChI=1S/C13H13Cl3N2O5S/c1-6(20)17-8-9(21)18-4-12(2,7(3-19)24-10(8)18)11(22)23-5-13(14,15)16/h8,10H,4-5H2,1-2H3,(H,17,20)/t8?,10-,12?/m1/s1. The number of nitrogens with one attached hydrogen (secondary N) is 1. The molecule has 2 fully saturated rings. The fraction of sp³-hybridized carbons (Fsp3) is 0.615. The van der Waals surface area contributed by atoms with Crippen LogP contribution < -0.4 is 5.32 Å². The summed E-state index contributed by atoms with van der Waals surface area (Å²) in [4.78, 5) is 48.4. The van der Waals surface area contributed by atoms with Gasteiger partial charge in [-0.25, -0.2) is 4.79 Å². The van der Waals surface area contributed by atoms with Crippen molar-refractivity contribution in [3.8, 4) is 0 Å². The number of fused-ring (bicyclic) bond motifs is 1. The second-order valence-corrected chi connectivity index (χ2v) is 9.25. The number of esters is 1. The van der Waals surface area contributed by atoms with Crippen molar-refractivity contribution in [2.45, 2.75) is 29.1 Å². The first-order valence-corrected chi connectivity index (χ1v) is 8.75. The summed E-state index contributed by atoms with van der Waals surface area (Å²) in [6, 6.07) is -0.738. The molecule has 0 aromatic carbocycles. The Balaban J connectivity index is 2.16. The first-order valence-electron chi connectivity index (χ1n) is 6.73. The number of thioether (sulfide) groups is 1. The molecular weight excluding hydrogens is 403 g/mol. The molecule has 7 nitrogen and oxygen atoms in total. The van der Waals surface area contributed by atoms with E-state index in [1.807, 2.05) is 0 Å². The van der Waals surface area contributed by atoms with Crippen LogP contribution in [-0.4, -0.2) is 57.0 Å². The Bertz CT molecular complexity index is 646. The van der Waals surface area contributed by atoms with Gasteiger partial charge in [-0.1, -0.05) is 46.6 Å². The Hall–Kier alpha value is -0.920. The fourth-order valence-corrected chi connectivity index (χ4v) is 3.93. The number of halogens is 3. The molecule has 132 valence electrons. The summed E-state index contributed by atoms with van der Waals surface area (Å²) in [5.41, 5.74) is -1.41. The van der Waals surface area contributed by atoms with E-state index >= 15 is 0 Å². The topological polar surface area (TPSA) is 92.8 Å². The SMILES string of the molecule is CC(=O)NC1C(=O)N2CC(C)(C(=O)OCC(Cl)(Cl)Cl)C(=C=O)S[C@H]12. The van der Waals surface area contributed by atoms with Crippen molar-refractivity contribution in [1.82, 2.24) is 10.2 Å². The summed E-state index contributed by atoms with van der Waals surface area (Å²) in [6.07, 6.45) is 0. The van der Waals surface area contributed by atoms with Crippen molar-refractivity contribution in [1.29, 1.82) is 0 Å². The Morgan fingerprint density at radius 3 is 2.62 bits per heavy atom. The van der Waals surface area contributed by atoms with Gasteiger partial charge in [0.05, 0.1) is 4.91 Å². The molecule has 2 heterocycles. The number of ether oxygens (including phenoxy) is 1. The highest BCUT2D eigenvalue weighted by molar-refractivity contribution is 8.04. The van der Waals surface area contributed by atoms with E-state index in [4.69, 9.17) is 39.5 Å². The van der Waals surface area contributed by atoms with E-state index < -0.39 is 33.2 Å². The minimum Gasteiger partial charge on any atom is -0.460 e. The molecule has 0 spiro atoms. The van der Waals surface area contributed by atoms with Crippen molar-refractivity contribution >= 4 is 70.3 Å². The number of β-lactam (4-membered cyclic amide) rings is 1. The third-order valence-corrected chi connectivity index (χ3v) is 5.50. The first kappa shape index (κ1) is 19.4. The fourth-order valence-electron chi connectivity index (χ4n) is 2.44. The molecule has 0 bridgehead atoms. The average molecular weight is 416 g/mol. The zero-order chi connectivity index (χ0) is 18.3. The third-order valence-electron chi connectivity index (χ3n) is 3.64. The van der Waals surface area contributed by atoms with Gasteiger partial charge < -0.3 is 15.0 Å². The van der Waals surface area contributed by atoms with Gasteiger partial charge in [0.25, 0.3) is 0 Å². The first-order chi connectivity index (χ1) is 11.0. The number of hydrogen-bond acceptors (Lipinski definition) is 6. The summed E-state index contributed by atoms with van der Waals surface area (Å²) >= 11 is 17.6. The minimum absolute atomic E-state index is 0.0703. The molecule has 0 aromatic rings. The largest absolute Gasteiger partial charge is 0.460 e. The van der Waals surface area contributed by atoms with Crippen LogP contribution in [0.4, 0.5) is 0 Å². The molecule has 3 atom stereocenters. The predicted octanol–water partition coefficient (Wildman–Crippen LogP) is 1.04. The van der Waals surface area contributed by atoms with Crippen LogP contribution in [0.2, 0.25) is 0 Å². The van der Waals surface area contributed by atoms with Crippen LogP contribution in [-0.2, 0) is 23.9 Å². The molecule has 0 radical (unpaired) electrons. The van der Waals surface area contributed by atoms with Crippen LogP contribution in [0.5, 0.6) is 0 Å². The lowest BCUT2D eigenvalue weighted by Gasteiger charge is -2.53. The van der Waals surface area contributed by atoms with Gasteiger partial charge in [0.2, 0.25) is 15.6 Å². The van der Waals surface area contributed by atoms with E-state index in [9.17, 15) is 19.2 Å². The molecule has 0 aliphatic carbocycles. The maximum atomic E-state index is 12.4. The Kier molecular flexibility index (Phi) is 5.47. The predicted molar refractivity (Wildman–Crippen MR) is 89.3 cm³/mol. The lowest BCUT2D eigenvalue weighted by atomic mass is 9.87. The molecule has 2 aliphatic heterocycles. The Morgan fingerprint density at radius 1 is 1.50 bits per heavy atom. The van der Waals surface area contributed by atoms with E-state index in [1.165, 1.54) is 18.7 Å². The zero-order valence-corrected chi connectivity index (χ0v) is 15.7. The van der Waals surface area contributed by atoms with Crippen LogP contribution in [0.3, 0.4) is 0 Å². The molecular formula is C13H13Cl3N2O5S. The van der Waals surface area contributed by atoms with Crippen molar-refractivity contribution in [3.63, 3.8) is 0 Å². The summed E-state index contributed by atoms with van der Waals surface area (Å²) in [5, 5.41) is 2.05. The molecule has 0 saturated carbocycles. The number of amides is 2. The van der Waals surface area contributed by atoms with Crippen LogP contribution in [0.1, 0.15) is 13.8 Å². The summed E-state index contributed by atoms with van der Waals surface area (Å²) in [7, 11) is 0. The molecule has 24 heavy (non-hydrogen) atoms. The molecule has 11 heteroatoms. The van der Waals surface area contributed by atoms with Crippen molar-refractivity contribution < 1.29 is 23.9 Å².